The van der Waals surface area contributed by atoms with Crippen LogP contribution in [0, 0.1) is 11.3 Å². The fraction of sp³-hybridized carbons (Fsp3) is 0.500. The van der Waals surface area contributed by atoms with E-state index in [4.69, 9.17) is 27.0 Å². The van der Waals surface area contributed by atoms with Gasteiger partial charge < -0.3 is 19.7 Å². The number of cyclic esters (lactones) is 1. The molecule has 1 N–H and O–H groups in total. The molecule has 2 saturated heterocycles. The number of thiocarbonyl (C=S) groups is 1. The molecule has 1 amide bonds. The number of hydrogen-bond donors (Lipinski definition) is 1. The number of nitrogens with zero attached hydrogens (tertiary/aromatic N) is 4. The zero-order valence-corrected chi connectivity index (χ0v) is 18.1. The van der Waals surface area contributed by atoms with E-state index in [0.29, 0.717) is 39.3 Å². The highest BCUT2D eigenvalue weighted by atomic mass is 32.2. The summed E-state index contributed by atoms with van der Waals surface area (Å²) in [6.45, 7) is 2.50. The van der Waals surface area contributed by atoms with Crippen molar-refractivity contribution in [1.82, 2.24) is 9.62 Å². The largest absolute Gasteiger partial charge is 0.474 e. The van der Waals surface area contributed by atoms with Gasteiger partial charge in [-0.2, -0.15) is 9.57 Å². The molecule has 1 aromatic carbocycles. The van der Waals surface area contributed by atoms with Gasteiger partial charge in [-0.05, 0) is 36.5 Å². The Labute approximate surface area is 181 Å². The second-order valence-electron chi connectivity index (χ2n) is 6.81. The van der Waals surface area contributed by atoms with Crippen LogP contribution >= 0.6 is 12.2 Å². The number of rotatable bonds is 6. The van der Waals surface area contributed by atoms with Crippen LogP contribution in [-0.2, 0) is 19.5 Å². The number of sulfonamides is 1. The van der Waals surface area contributed by atoms with Crippen molar-refractivity contribution in [2.75, 3.05) is 61.9 Å². The number of methoxy groups -OCH3 is 1. The van der Waals surface area contributed by atoms with Crippen molar-refractivity contribution < 1.29 is 22.7 Å². The number of amides is 1. The standard InChI is InChI=1S/C18H23N5O5S2/c1-27-17(29)20-12-16-13-23(18(24)28-16)15-4-2-14(3-5-15)21-7-9-22(10-8-21)30(25,26)11-6-19/h2-5,16H,7-13H2,1H3,(H,20,29). The first-order valence-corrected chi connectivity index (χ1v) is 11.4. The summed E-state index contributed by atoms with van der Waals surface area (Å²) in [5.74, 6) is -0.499. The Balaban J connectivity index is 1.56. The molecule has 0 bridgehead atoms. The van der Waals surface area contributed by atoms with Crippen LogP contribution in [-0.4, -0.2) is 82.2 Å². The minimum atomic E-state index is -3.51. The summed E-state index contributed by atoms with van der Waals surface area (Å²) < 4.78 is 35.6. The molecule has 12 heteroatoms. The molecule has 2 fully saturated rings. The Morgan fingerprint density at radius 1 is 1.27 bits per heavy atom. The van der Waals surface area contributed by atoms with Crippen LogP contribution in [0.25, 0.3) is 0 Å². The van der Waals surface area contributed by atoms with E-state index in [-0.39, 0.29) is 11.3 Å². The Morgan fingerprint density at radius 3 is 2.50 bits per heavy atom. The number of piperazine rings is 1. The van der Waals surface area contributed by atoms with Crippen molar-refractivity contribution >= 4 is 44.9 Å². The van der Waals surface area contributed by atoms with Crippen molar-refractivity contribution in [1.29, 1.82) is 5.26 Å². The van der Waals surface area contributed by atoms with Gasteiger partial charge in [-0.1, -0.05) is 0 Å². The number of ether oxygens (including phenoxy) is 2. The summed E-state index contributed by atoms with van der Waals surface area (Å²) in [5.41, 5.74) is 1.66. The van der Waals surface area contributed by atoms with Crippen LogP contribution in [0.5, 0.6) is 0 Å². The van der Waals surface area contributed by atoms with E-state index in [1.165, 1.54) is 11.4 Å². The zero-order chi connectivity index (χ0) is 21.7. The lowest BCUT2D eigenvalue weighted by Crippen LogP contribution is -2.49. The maximum atomic E-state index is 12.2. The van der Waals surface area contributed by atoms with Crippen molar-refractivity contribution in [2.24, 2.45) is 0 Å². The average Bonchev–Trinajstić information content (AvgIpc) is 3.12. The first-order valence-electron chi connectivity index (χ1n) is 9.34. The number of nitriles is 1. The highest BCUT2D eigenvalue weighted by Crippen LogP contribution is 2.25. The summed E-state index contributed by atoms with van der Waals surface area (Å²) in [5, 5.41) is 11.8. The van der Waals surface area contributed by atoms with Crippen molar-refractivity contribution in [3.05, 3.63) is 24.3 Å². The molecular weight excluding hydrogens is 430 g/mol. The van der Waals surface area contributed by atoms with Crippen LogP contribution in [0.1, 0.15) is 0 Å². The minimum Gasteiger partial charge on any atom is -0.474 e. The average molecular weight is 454 g/mol. The Morgan fingerprint density at radius 2 is 1.90 bits per heavy atom. The molecule has 3 rings (SSSR count). The first kappa shape index (κ1) is 22.1. The Bertz CT molecular complexity index is 923. The molecule has 0 spiro atoms. The second kappa shape index (κ2) is 9.46. The normalized spacial score (nSPS) is 19.9. The minimum absolute atomic E-state index is 0.245. The lowest BCUT2D eigenvalue weighted by molar-refractivity contribution is 0.142. The van der Waals surface area contributed by atoms with Crippen LogP contribution in [0.4, 0.5) is 16.2 Å². The highest BCUT2D eigenvalue weighted by Gasteiger charge is 2.32. The van der Waals surface area contributed by atoms with Gasteiger partial charge in [0.15, 0.2) is 5.75 Å². The SMILES string of the molecule is COC(=S)NCC1CN(c2ccc(N3CCN(S(=O)(=O)CC#N)CC3)cc2)C(=O)O1. The summed E-state index contributed by atoms with van der Waals surface area (Å²) in [7, 11) is -2.05. The molecule has 162 valence electrons. The maximum absolute atomic E-state index is 12.2. The van der Waals surface area contributed by atoms with E-state index < -0.39 is 21.9 Å². The van der Waals surface area contributed by atoms with E-state index in [2.05, 4.69) is 10.2 Å². The fourth-order valence-corrected chi connectivity index (χ4v) is 4.50. The lowest BCUT2D eigenvalue weighted by atomic mass is 10.2. The molecule has 2 heterocycles. The molecule has 10 nitrogen and oxygen atoms in total. The molecule has 2 aliphatic rings. The summed E-state index contributed by atoms with van der Waals surface area (Å²) in [6, 6.07) is 9.17. The smallest absolute Gasteiger partial charge is 0.414 e. The fourth-order valence-electron chi connectivity index (χ4n) is 3.35. The monoisotopic (exact) mass is 453 g/mol. The molecule has 2 aliphatic heterocycles. The molecule has 0 radical (unpaired) electrons. The van der Waals surface area contributed by atoms with Crippen LogP contribution in [0.3, 0.4) is 0 Å². The zero-order valence-electron chi connectivity index (χ0n) is 16.5. The number of carbonyl (C=O) groups excluding carboxylic acids is 1. The predicted molar refractivity (Wildman–Crippen MR) is 115 cm³/mol. The quantitative estimate of drug-likeness (QED) is 0.615. The molecular formula is C18H23N5O5S2. The van der Waals surface area contributed by atoms with Crippen LogP contribution in [0.15, 0.2) is 24.3 Å². The number of anilines is 2. The van der Waals surface area contributed by atoms with Gasteiger partial charge in [0.2, 0.25) is 10.0 Å². The van der Waals surface area contributed by atoms with Gasteiger partial charge in [-0.3, -0.25) is 4.90 Å². The van der Waals surface area contributed by atoms with E-state index in [1.807, 2.05) is 24.3 Å². The summed E-state index contributed by atoms with van der Waals surface area (Å²) >= 11 is 4.92. The molecule has 0 saturated carbocycles. The number of hydrogen-bond acceptors (Lipinski definition) is 8. The maximum Gasteiger partial charge on any atom is 0.414 e. The molecule has 1 unspecified atom stereocenters. The van der Waals surface area contributed by atoms with Crippen molar-refractivity contribution in [3.63, 3.8) is 0 Å². The predicted octanol–water partition coefficient (Wildman–Crippen LogP) is 0.508. The van der Waals surface area contributed by atoms with Crippen LogP contribution in [0.2, 0.25) is 0 Å². The molecule has 0 aromatic heterocycles. The van der Waals surface area contributed by atoms with Gasteiger partial charge in [-0.15, -0.1) is 0 Å². The van der Waals surface area contributed by atoms with E-state index >= 15 is 0 Å². The van der Waals surface area contributed by atoms with E-state index in [1.54, 1.807) is 11.0 Å². The van der Waals surface area contributed by atoms with Gasteiger partial charge >= 0.3 is 6.09 Å². The van der Waals surface area contributed by atoms with Crippen LogP contribution < -0.4 is 15.1 Å². The van der Waals surface area contributed by atoms with Crippen molar-refractivity contribution in [3.8, 4) is 6.07 Å². The summed E-state index contributed by atoms with van der Waals surface area (Å²) in [6.07, 6.45) is -0.761. The third kappa shape index (κ3) is 5.10. The molecule has 0 aliphatic carbocycles. The Hall–Kier alpha value is -2.62. The summed E-state index contributed by atoms with van der Waals surface area (Å²) in [4.78, 5) is 15.8. The number of benzene rings is 1. The third-order valence-electron chi connectivity index (χ3n) is 4.94. The van der Waals surface area contributed by atoms with Gasteiger partial charge in [0, 0.05) is 37.6 Å². The number of carbonyl (C=O) groups is 1. The van der Waals surface area contributed by atoms with Gasteiger partial charge in [0.05, 0.1) is 26.3 Å². The molecule has 30 heavy (non-hydrogen) atoms. The number of nitrogens with one attached hydrogen (secondary N) is 1. The molecule has 1 aromatic rings. The first-order chi connectivity index (χ1) is 14.3. The Kier molecular flexibility index (Phi) is 6.96. The van der Waals surface area contributed by atoms with E-state index in [0.717, 1.165) is 11.4 Å². The topological polar surface area (TPSA) is 115 Å². The van der Waals surface area contributed by atoms with Gasteiger partial charge in [0.1, 0.15) is 6.10 Å². The highest BCUT2D eigenvalue weighted by molar-refractivity contribution is 7.89. The lowest BCUT2D eigenvalue weighted by Gasteiger charge is -2.35. The third-order valence-corrected chi connectivity index (χ3v) is 6.90. The second-order valence-corrected chi connectivity index (χ2v) is 9.15. The van der Waals surface area contributed by atoms with Gasteiger partial charge in [-0.25, -0.2) is 13.2 Å². The van der Waals surface area contributed by atoms with Gasteiger partial charge in [0.25, 0.3) is 5.17 Å². The molecule has 1 atom stereocenters. The van der Waals surface area contributed by atoms with Crippen molar-refractivity contribution in [2.45, 2.75) is 6.10 Å². The van der Waals surface area contributed by atoms with E-state index in [9.17, 15) is 13.2 Å².